The summed E-state index contributed by atoms with van der Waals surface area (Å²) in [4.78, 5) is 23.8. The first-order valence-electron chi connectivity index (χ1n) is 11.4. The average Bonchev–Trinajstić information content (AvgIpc) is 3.50. The van der Waals surface area contributed by atoms with Crippen LogP contribution in [-0.2, 0) is 14.3 Å². The molecule has 1 unspecified atom stereocenters. The summed E-state index contributed by atoms with van der Waals surface area (Å²) in [6.07, 6.45) is 1.06. The molecular formula is C28H24N4O4. The van der Waals surface area contributed by atoms with E-state index in [-0.39, 0.29) is 11.8 Å². The summed E-state index contributed by atoms with van der Waals surface area (Å²) in [5, 5.41) is 10.6. The zero-order chi connectivity index (χ0) is 25.2. The maximum absolute atomic E-state index is 12.6. The second-order valence-electron chi connectivity index (χ2n) is 8.44. The Labute approximate surface area is 208 Å². The van der Waals surface area contributed by atoms with Crippen LogP contribution >= 0.6 is 0 Å². The monoisotopic (exact) mass is 480 g/mol. The Balaban J connectivity index is 1.55. The predicted octanol–water partition coefficient (Wildman–Crippen LogP) is 5.01. The van der Waals surface area contributed by atoms with Crippen LogP contribution in [0, 0.1) is 6.92 Å². The summed E-state index contributed by atoms with van der Waals surface area (Å²) in [5.74, 6) is 0.0236. The lowest BCUT2D eigenvalue weighted by Crippen LogP contribution is -2.25. The van der Waals surface area contributed by atoms with Gasteiger partial charge in [-0.2, -0.15) is 10.1 Å². The van der Waals surface area contributed by atoms with Crippen molar-refractivity contribution in [1.29, 1.82) is 0 Å². The van der Waals surface area contributed by atoms with E-state index >= 15 is 0 Å². The average molecular weight is 481 g/mol. The molecule has 1 aromatic heterocycles. The Kier molecular flexibility index (Phi) is 6.08. The number of hydrogen-bond donors (Lipinski definition) is 0. The molecule has 0 bridgehead atoms. The third kappa shape index (κ3) is 4.61. The zero-order valence-corrected chi connectivity index (χ0v) is 20.1. The molecular weight excluding hydrogens is 456 g/mol. The Morgan fingerprint density at radius 2 is 1.56 bits per heavy atom. The number of aryl methyl sites for hydroxylation is 1. The number of benzene rings is 3. The second kappa shape index (κ2) is 9.50. The minimum atomic E-state index is -0.806. The van der Waals surface area contributed by atoms with Crippen LogP contribution in [-0.4, -0.2) is 32.6 Å². The molecule has 1 aliphatic rings. The number of aromatic nitrogens is 2. The van der Waals surface area contributed by atoms with Crippen LogP contribution < -0.4 is 4.74 Å². The molecule has 0 saturated carbocycles. The summed E-state index contributed by atoms with van der Waals surface area (Å²) in [6.45, 7) is 4.81. The van der Waals surface area contributed by atoms with Crippen LogP contribution in [0.25, 0.3) is 16.9 Å². The second-order valence-corrected chi connectivity index (χ2v) is 8.44. The lowest BCUT2D eigenvalue weighted by atomic mass is 10.1. The molecule has 0 N–H and O–H groups in total. The van der Waals surface area contributed by atoms with Crippen LogP contribution in [0.3, 0.4) is 0 Å². The molecule has 5 rings (SSSR count). The summed E-state index contributed by atoms with van der Waals surface area (Å²) in [5.41, 5.74) is 4.95. The van der Waals surface area contributed by atoms with Gasteiger partial charge in [0.15, 0.2) is 0 Å². The van der Waals surface area contributed by atoms with Crippen molar-refractivity contribution in [2.24, 2.45) is 5.10 Å². The maximum Gasteiger partial charge on any atom is 0.308 e. The van der Waals surface area contributed by atoms with Gasteiger partial charge in [0.2, 0.25) is 18.0 Å². The fraction of sp³-hybridized carbons (Fsp3) is 0.143. The van der Waals surface area contributed by atoms with Gasteiger partial charge in [0.05, 0.1) is 11.3 Å². The molecule has 3 aromatic carbocycles. The molecule has 0 saturated heterocycles. The van der Waals surface area contributed by atoms with Crippen LogP contribution in [0.1, 0.15) is 36.8 Å². The van der Waals surface area contributed by atoms with Gasteiger partial charge in [0.1, 0.15) is 11.4 Å². The molecule has 1 aliphatic heterocycles. The first kappa shape index (κ1) is 23.0. The number of hydrazone groups is 1. The van der Waals surface area contributed by atoms with E-state index in [9.17, 15) is 9.59 Å². The van der Waals surface area contributed by atoms with Gasteiger partial charge in [-0.3, -0.25) is 9.59 Å². The van der Waals surface area contributed by atoms with Gasteiger partial charge in [-0.05, 0) is 43.3 Å². The highest BCUT2D eigenvalue weighted by molar-refractivity contribution is 5.96. The number of ether oxygens (including phenoxy) is 2. The van der Waals surface area contributed by atoms with Crippen LogP contribution in [0.4, 0.5) is 0 Å². The van der Waals surface area contributed by atoms with Crippen molar-refractivity contribution in [3.63, 3.8) is 0 Å². The molecule has 0 aliphatic carbocycles. The fourth-order valence-electron chi connectivity index (χ4n) is 3.93. The fourth-order valence-corrected chi connectivity index (χ4v) is 3.93. The first-order chi connectivity index (χ1) is 17.4. The Hall–Kier alpha value is -4.72. The number of carbonyl (C=O) groups is 2. The van der Waals surface area contributed by atoms with Gasteiger partial charge >= 0.3 is 5.97 Å². The van der Waals surface area contributed by atoms with Gasteiger partial charge in [0.25, 0.3) is 0 Å². The van der Waals surface area contributed by atoms with E-state index in [1.54, 1.807) is 28.9 Å². The lowest BCUT2D eigenvalue weighted by Gasteiger charge is -2.19. The third-order valence-electron chi connectivity index (χ3n) is 5.68. The van der Waals surface area contributed by atoms with Gasteiger partial charge < -0.3 is 9.47 Å². The van der Waals surface area contributed by atoms with E-state index in [1.165, 1.54) is 18.9 Å². The lowest BCUT2D eigenvalue weighted by molar-refractivity contribution is -0.135. The van der Waals surface area contributed by atoms with Crippen LogP contribution in [0.2, 0.25) is 0 Å². The zero-order valence-electron chi connectivity index (χ0n) is 20.1. The van der Waals surface area contributed by atoms with E-state index in [0.717, 1.165) is 16.8 Å². The Morgan fingerprint density at radius 3 is 2.19 bits per heavy atom. The van der Waals surface area contributed by atoms with E-state index in [1.807, 2.05) is 67.7 Å². The quantitative estimate of drug-likeness (QED) is 0.296. The van der Waals surface area contributed by atoms with E-state index < -0.39 is 12.2 Å². The van der Waals surface area contributed by atoms with E-state index in [4.69, 9.17) is 14.6 Å². The molecule has 8 heteroatoms. The molecule has 0 spiro atoms. The van der Waals surface area contributed by atoms with Gasteiger partial charge in [-0.1, -0.05) is 48.0 Å². The standard InChI is InChI=1S/C28H24N4O4/c1-18-9-11-21(12-10-18)26-25(17-31(29-26)23-7-5-4-6-8-23)28-32(19(2)33)30-27(36-28)22-13-15-24(16-14-22)35-20(3)34/h4-17,28H,1-3H3. The molecule has 2 heterocycles. The summed E-state index contributed by atoms with van der Waals surface area (Å²) < 4.78 is 13.1. The summed E-state index contributed by atoms with van der Waals surface area (Å²) >= 11 is 0. The topological polar surface area (TPSA) is 86.0 Å². The molecule has 0 fully saturated rings. The number of carbonyl (C=O) groups excluding carboxylic acids is 2. The highest BCUT2D eigenvalue weighted by Crippen LogP contribution is 2.36. The van der Waals surface area contributed by atoms with Crippen molar-refractivity contribution in [2.75, 3.05) is 0 Å². The van der Waals surface area contributed by atoms with E-state index in [2.05, 4.69) is 5.10 Å². The van der Waals surface area contributed by atoms with Crippen molar-refractivity contribution < 1.29 is 19.1 Å². The molecule has 4 aromatic rings. The number of esters is 1. The molecule has 1 atom stereocenters. The normalized spacial score (nSPS) is 14.8. The molecule has 180 valence electrons. The number of nitrogens with zero attached hydrogens (tertiary/aromatic N) is 4. The molecule has 8 nitrogen and oxygen atoms in total. The first-order valence-corrected chi connectivity index (χ1v) is 11.4. The van der Waals surface area contributed by atoms with Crippen molar-refractivity contribution in [3.05, 3.63) is 102 Å². The SMILES string of the molecule is CC(=O)Oc1ccc(C2=NN(C(C)=O)C(c3cn(-c4ccccc4)nc3-c3ccc(C)cc3)O2)cc1. The van der Waals surface area contributed by atoms with Crippen LogP contribution in [0.15, 0.2) is 90.2 Å². The minimum Gasteiger partial charge on any atom is -0.446 e. The van der Waals surface area contributed by atoms with Crippen molar-refractivity contribution >= 4 is 17.8 Å². The van der Waals surface area contributed by atoms with Gasteiger partial charge in [-0.15, -0.1) is 5.10 Å². The van der Waals surface area contributed by atoms with E-state index in [0.29, 0.717) is 22.6 Å². The Morgan fingerprint density at radius 1 is 0.889 bits per heavy atom. The van der Waals surface area contributed by atoms with Crippen molar-refractivity contribution in [3.8, 4) is 22.7 Å². The minimum absolute atomic E-state index is 0.270. The molecule has 1 amide bonds. The highest BCUT2D eigenvalue weighted by atomic mass is 16.5. The summed E-state index contributed by atoms with van der Waals surface area (Å²) in [6, 6.07) is 24.5. The number of rotatable bonds is 5. The number of hydrogen-bond acceptors (Lipinski definition) is 6. The number of amides is 1. The molecule has 36 heavy (non-hydrogen) atoms. The highest BCUT2D eigenvalue weighted by Gasteiger charge is 2.36. The Bertz CT molecular complexity index is 1440. The maximum atomic E-state index is 12.6. The third-order valence-corrected chi connectivity index (χ3v) is 5.68. The van der Waals surface area contributed by atoms with Crippen molar-refractivity contribution in [2.45, 2.75) is 27.0 Å². The van der Waals surface area contributed by atoms with Crippen LogP contribution in [0.5, 0.6) is 5.75 Å². The predicted molar refractivity (Wildman–Crippen MR) is 134 cm³/mol. The summed E-state index contributed by atoms with van der Waals surface area (Å²) in [7, 11) is 0. The largest absolute Gasteiger partial charge is 0.446 e. The van der Waals surface area contributed by atoms with Gasteiger partial charge in [-0.25, -0.2) is 4.68 Å². The number of para-hydroxylation sites is 1. The van der Waals surface area contributed by atoms with Gasteiger partial charge in [0, 0.05) is 31.2 Å². The smallest absolute Gasteiger partial charge is 0.308 e. The molecule has 0 radical (unpaired) electrons. The van der Waals surface area contributed by atoms with Crippen molar-refractivity contribution in [1.82, 2.24) is 14.8 Å².